The van der Waals surface area contributed by atoms with Crippen LogP contribution in [-0.4, -0.2) is 146 Å². The normalized spacial score (nSPS) is 22.9. The molecule has 0 radical (unpaired) electrons. The molecule has 0 rings (SSSR count). The molecule has 11 unspecified atom stereocenters. The number of unbranched alkanes of at least 4 members (excludes halogenated alkanes) is 1. The molecule has 0 aromatic carbocycles. The molecule has 0 aliphatic rings. The minimum Gasteiger partial charge on any atom is -0.479 e. The van der Waals surface area contributed by atoms with Gasteiger partial charge in [0, 0.05) is 6.61 Å². The number of aliphatic hydroxyl groups is 12. The highest BCUT2D eigenvalue weighted by atomic mass is 16.4. The minimum absolute atomic E-state index is 0.0192. The summed E-state index contributed by atoms with van der Waals surface area (Å²) in [5.74, 6) is -1.94. The Labute approximate surface area is 183 Å². The zero-order valence-corrected chi connectivity index (χ0v) is 17.1. The van der Waals surface area contributed by atoms with Gasteiger partial charge in [-0.2, -0.15) is 0 Å². The van der Waals surface area contributed by atoms with Crippen molar-refractivity contribution in [2.45, 2.75) is 86.4 Å². The van der Waals surface area contributed by atoms with Crippen LogP contribution in [0.15, 0.2) is 12.2 Å². The van der Waals surface area contributed by atoms with Gasteiger partial charge in [0.15, 0.2) is 6.10 Å². The second-order valence-corrected chi connectivity index (χ2v) is 7.37. The van der Waals surface area contributed by atoms with Crippen LogP contribution in [0.4, 0.5) is 0 Å². The van der Waals surface area contributed by atoms with E-state index in [1.807, 2.05) is 0 Å². The molecule has 0 saturated heterocycles. The molecule has 0 fully saturated rings. The van der Waals surface area contributed by atoms with E-state index in [0.29, 0.717) is 25.0 Å². The first-order valence-corrected chi connectivity index (χ1v) is 9.78. The van der Waals surface area contributed by atoms with Gasteiger partial charge < -0.3 is 66.4 Å². The fourth-order valence-corrected chi connectivity index (χ4v) is 2.66. The van der Waals surface area contributed by atoms with Crippen molar-refractivity contribution in [3.63, 3.8) is 0 Å². The van der Waals surface area contributed by atoms with Crippen LogP contribution in [0.3, 0.4) is 0 Å². The van der Waals surface area contributed by atoms with E-state index in [9.17, 15) is 55.9 Å². The van der Waals surface area contributed by atoms with Gasteiger partial charge in [-0.15, -0.1) is 0 Å². The van der Waals surface area contributed by atoms with Gasteiger partial charge in [0.1, 0.15) is 54.9 Å². The average molecular weight is 474 g/mol. The Hall–Kier alpha value is -1.27. The Kier molecular flexibility index (Phi) is 14.2. The molecule has 11 atom stereocenters. The highest BCUT2D eigenvalue weighted by molar-refractivity contribution is 5.72. The van der Waals surface area contributed by atoms with Crippen molar-refractivity contribution in [3.8, 4) is 0 Å². The summed E-state index contributed by atoms with van der Waals surface area (Å²) in [5, 5.41) is 124. The van der Waals surface area contributed by atoms with Gasteiger partial charge in [0.25, 0.3) is 0 Å². The molecule has 0 aromatic rings. The summed E-state index contributed by atoms with van der Waals surface area (Å²) in [7, 11) is 0. The van der Waals surface area contributed by atoms with Crippen LogP contribution in [0.1, 0.15) is 19.3 Å². The maximum absolute atomic E-state index is 10.6. The zero-order valence-electron chi connectivity index (χ0n) is 17.1. The third-order valence-corrected chi connectivity index (χ3v) is 4.83. The van der Waals surface area contributed by atoms with Crippen molar-refractivity contribution < 1.29 is 71.2 Å². The van der Waals surface area contributed by atoms with Crippen molar-refractivity contribution >= 4 is 5.97 Å². The number of carbonyl (C=O) groups is 1. The van der Waals surface area contributed by atoms with Crippen LogP contribution in [0.5, 0.6) is 0 Å². The summed E-state index contributed by atoms with van der Waals surface area (Å²) in [6, 6.07) is 0. The Bertz CT molecular complexity index is 560. The fraction of sp³-hybridized carbons (Fsp3) is 0.833. The highest BCUT2D eigenvalue weighted by Gasteiger charge is 2.40. The summed E-state index contributed by atoms with van der Waals surface area (Å²) in [4.78, 5) is 10.6. The Balaban J connectivity index is 4.92. The molecule has 0 aromatic heterocycles. The number of aliphatic carboxylic acids is 1. The second-order valence-electron chi connectivity index (χ2n) is 7.37. The summed E-state index contributed by atoms with van der Waals surface area (Å²) < 4.78 is 0. The lowest BCUT2D eigenvalue weighted by Crippen LogP contribution is -2.55. The molecule has 0 amide bonds. The van der Waals surface area contributed by atoms with Gasteiger partial charge in [-0.25, -0.2) is 4.79 Å². The molecule has 14 heteroatoms. The van der Waals surface area contributed by atoms with E-state index in [1.54, 1.807) is 0 Å². The van der Waals surface area contributed by atoms with E-state index in [2.05, 4.69) is 0 Å². The van der Waals surface area contributed by atoms with E-state index in [4.69, 9.17) is 15.3 Å². The quantitative estimate of drug-likeness (QED) is 0.0732. The number of carboxylic acids is 1. The monoisotopic (exact) mass is 474 g/mol. The molecular formula is C18H34O14. The van der Waals surface area contributed by atoms with Crippen LogP contribution < -0.4 is 0 Å². The van der Waals surface area contributed by atoms with Crippen molar-refractivity contribution in [1.29, 1.82) is 0 Å². The van der Waals surface area contributed by atoms with Crippen molar-refractivity contribution in [1.82, 2.24) is 0 Å². The number of aliphatic hydroxyl groups excluding tert-OH is 12. The van der Waals surface area contributed by atoms with Crippen LogP contribution in [0.2, 0.25) is 0 Å². The summed E-state index contributed by atoms with van der Waals surface area (Å²) in [6.45, 7) is -0.131. The number of carboxylic acid groups (broad SMARTS) is 1. The lowest BCUT2D eigenvalue weighted by Gasteiger charge is -2.31. The first kappa shape index (κ1) is 30.7. The predicted molar refractivity (Wildman–Crippen MR) is 104 cm³/mol. The average Bonchev–Trinajstić information content (AvgIpc) is 2.77. The largest absolute Gasteiger partial charge is 0.479 e. The number of hydrogen-bond acceptors (Lipinski definition) is 13. The third kappa shape index (κ3) is 9.30. The Morgan fingerprint density at radius 1 is 0.594 bits per heavy atom. The zero-order chi connectivity index (χ0) is 25.2. The van der Waals surface area contributed by atoms with Crippen molar-refractivity contribution in [3.05, 3.63) is 12.2 Å². The molecule has 14 nitrogen and oxygen atoms in total. The summed E-state index contributed by atoms with van der Waals surface area (Å²) in [5.41, 5.74) is 0. The van der Waals surface area contributed by atoms with Crippen LogP contribution in [0, 0.1) is 0 Å². The molecule has 0 saturated carbocycles. The second kappa shape index (κ2) is 14.8. The number of hydrogen-bond donors (Lipinski definition) is 13. The maximum Gasteiger partial charge on any atom is 0.335 e. The van der Waals surface area contributed by atoms with Gasteiger partial charge in [0.05, 0.1) is 6.10 Å². The molecule has 190 valence electrons. The lowest BCUT2D eigenvalue weighted by atomic mass is 9.93. The predicted octanol–water partition coefficient (Wildman–Crippen LogP) is -6.24. The van der Waals surface area contributed by atoms with E-state index in [0.717, 1.165) is 0 Å². The fourth-order valence-electron chi connectivity index (χ4n) is 2.66. The first-order valence-electron chi connectivity index (χ1n) is 9.78. The Morgan fingerprint density at radius 2 is 1.00 bits per heavy atom. The van der Waals surface area contributed by atoms with E-state index >= 15 is 0 Å². The first-order chi connectivity index (χ1) is 14.8. The molecule has 0 aliphatic carbocycles. The van der Waals surface area contributed by atoms with E-state index in [-0.39, 0.29) is 13.0 Å². The molecule has 0 spiro atoms. The Morgan fingerprint density at radius 3 is 1.44 bits per heavy atom. The molecule has 0 aliphatic heterocycles. The summed E-state index contributed by atoms with van der Waals surface area (Å²) >= 11 is 0. The summed E-state index contributed by atoms with van der Waals surface area (Å²) in [6.07, 6.45) is -21.3. The van der Waals surface area contributed by atoms with Crippen molar-refractivity contribution in [2.75, 3.05) is 6.61 Å². The topological polar surface area (TPSA) is 280 Å². The van der Waals surface area contributed by atoms with Gasteiger partial charge >= 0.3 is 5.97 Å². The van der Waals surface area contributed by atoms with Crippen LogP contribution >= 0.6 is 0 Å². The molecule has 0 heterocycles. The van der Waals surface area contributed by atoms with Gasteiger partial charge in [0.2, 0.25) is 0 Å². The van der Waals surface area contributed by atoms with Gasteiger partial charge in [-0.05, 0) is 19.3 Å². The number of rotatable bonds is 16. The van der Waals surface area contributed by atoms with Gasteiger partial charge in [-0.3, -0.25) is 0 Å². The van der Waals surface area contributed by atoms with E-state index in [1.165, 1.54) is 0 Å². The maximum atomic E-state index is 10.6. The molecule has 32 heavy (non-hydrogen) atoms. The van der Waals surface area contributed by atoms with E-state index < -0.39 is 73.1 Å². The molecule has 0 bridgehead atoms. The standard InChI is InChI=1S/C18H34O14/c19-6-2-1-3-7(20)10(23)11(24)8(21)4-5-9(22)12(25)13(26)14(27)15(28)16(29)17(30)18(31)32/h4-5,7-17,19-30H,1-3,6H2,(H,31,32)/b5-4-. The minimum atomic E-state index is -2.52. The molecular weight excluding hydrogens is 440 g/mol. The third-order valence-electron chi connectivity index (χ3n) is 4.83. The lowest BCUT2D eigenvalue weighted by molar-refractivity contribution is -0.177. The van der Waals surface area contributed by atoms with Crippen LogP contribution in [0.25, 0.3) is 0 Å². The van der Waals surface area contributed by atoms with Crippen molar-refractivity contribution in [2.24, 2.45) is 0 Å². The highest BCUT2D eigenvalue weighted by Crippen LogP contribution is 2.15. The SMILES string of the molecule is O=C(O)C(O)C(O)C(O)C(O)C(O)C(O)C(O)/C=C\C(O)C(O)C(O)C(O)CCCCO. The smallest absolute Gasteiger partial charge is 0.335 e. The van der Waals surface area contributed by atoms with Crippen LogP contribution in [-0.2, 0) is 4.79 Å². The molecule has 13 N–H and O–H groups in total. The van der Waals surface area contributed by atoms with Gasteiger partial charge in [-0.1, -0.05) is 12.2 Å².